The van der Waals surface area contributed by atoms with Gasteiger partial charge in [0.15, 0.2) is 5.76 Å². The van der Waals surface area contributed by atoms with Crippen LogP contribution in [0, 0.1) is 5.92 Å². The molecular weight excluding hydrogens is 390 g/mol. The van der Waals surface area contributed by atoms with Gasteiger partial charge in [-0.25, -0.2) is 8.42 Å². The van der Waals surface area contributed by atoms with Crippen LogP contribution in [0.3, 0.4) is 0 Å². The monoisotopic (exact) mass is 419 g/mol. The zero-order valence-electron chi connectivity index (χ0n) is 17.2. The molecule has 0 radical (unpaired) electrons. The lowest BCUT2D eigenvalue weighted by molar-refractivity contribution is 0.0703. The first kappa shape index (κ1) is 21.2. The highest BCUT2D eigenvalue weighted by atomic mass is 32.2. The highest BCUT2D eigenvalue weighted by Crippen LogP contribution is 2.32. The van der Waals surface area contributed by atoms with Gasteiger partial charge in [0.1, 0.15) is 0 Å². The molecule has 1 aromatic heterocycles. The van der Waals surface area contributed by atoms with Gasteiger partial charge in [-0.3, -0.25) is 9.52 Å². The summed E-state index contributed by atoms with van der Waals surface area (Å²) in [5, 5.41) is 0. The minimum atomic E-state index is -3.38. The van der Waals surface area contributed by atoms with Crippen LogP contribution in [0.5, 0.6) is 0 Å². The van der Waals surface area contributed by atoms with Gasteiger partial charge in [0.25, 0.3) is 5.91 Å². The van der Waals surface area contributed by atoms with Crippen molar-refractivity contribution in [3.8, 4) is 0 Å². The fraction of sp³-hybridized carbons (Fsp3) is 0.476. The molecule has 3 rings (SSSR count). The lowest BCUT2D eigenvalue weighted by Crippen LogP contribution is -2.33. The van der Waals surface area contributed by atoms with Crippen LogP contribution in [0.4, 0.5) is 11.4 Å². The van der Waals surface area contributed by atoms with E-state index in [0.29, 0.717) is 36.9 Å². The van der Waals surface area contributed by atoms with Crippen molar-refractivity contribution in [2.45, 2.75) is 32.7 Å². The Morgan fingerprint density at radius 3 is 2.59 bits per heavy atom. The van der Waals surface area contributed by atoms with Crippen molar-refractivity contribution in [1.82, 2.24) is 4.90 Å². The Morgan fingerprint density at radius 1 is 1.24 bits per heavy atom. The molecule has 7 nitrogen and oxygen atoms in total. The van der Waals surface area contributed by atoms with Crippen LogP contribution in [0.15, 0.2) is 41.0 Å². The number of hydrogen-bond donors (Lipinski definition) is 1. The maximum atomic E-state index is 13.0. The van der Waals surface area contributed by atoms with E-state index in [9.17, 15) is 13.2 Å². The van der Waals surface area contributed by atoms with Crippen molar-refractivity contribution < 1.29 is 17.6 Å². The van der Waals surface area contributed by atoms with Crippen LogP contribution in [0.1, 0.15) is 42.3 Å². The third kappa shape index (κ3) is 5.76. The first-order valence-electron chi connectivity index (χ1n) is 9.92. The molecule has 1 amide bonds. The molecule has 1 heterocycles. The Hall–Kier alpha value is -2.48. The second kappa shape index (κ2) is 8.90. The summed E-state index contributed by atoms with van der Waals surface area (Å²) in [5.41, 5.74) is 2.33. The standard InChI is InChI=1S/C21H29N3O4S/c1-4-12-29(26,27)22-18-9-10-19(23(2)3)17(13-18)15-24(14-16-7-8-16)21(25)20-6-5-11-28-20/h5-6,9-11,13,16,22H,4,7-8,12,14-15H2,1-3H3. The van der Waals surface area contributed by atoms with Crippen molar-refractivity contribution >= 4 is 27.3 Å². The van der Waals surface area contributed by atoms with Crippen LogP contribution >= 0.6 is 0 Å². The number of nitrogens with zero attached hydrogens (tertiary/aromatic N) is 2. The molecule has 1 aliphatic rings. The fourth-order valence-corrected chi connectivity index (χ4v) is 4.43. The van der Waals surface area contributed by atoms with Gasteiger partial charge in [0, 0.05) is 38.6 Å². The van der Waals surface area contributed by atoms with Crippen molar-refractivity contribution in [2.75, 3.05) is 36.0 Å². The topological polar surface area (TPSA) is 82.9 Å². The molecular formula is C21H29N3O4S. The average Bonchev–Trinajstić information content (AvgIpc) is 3.29. The predicted octanol–water partition coefficient (Wildman–Crippen LogP) is 3.55. The minimum absolute atomic E-state index is 0.0720. The maximum absolute atomic E-state index is 13.0. The van der Waals surface area contributed by atoms with Crippen molar-refractivity contribution in [3.63, 3.8) is 0 Å². The third-order valence-corrected chi connectivity index (χ3v) is 6.36. The number of rotatable bonds is 10. The Morgan fingerprint density at radius 2 is 2.00 bits per heavy atom. The van der Waals surface area contributed by atoms with Crippen LogP contribution in [-0.4, -0.2) is 45.6 Å². The van der Waals surface area contributed by atoms with Crippen molar-refractivity contribution in [3.05, 3.63) is 47.9 Å². The largest absolute Gasteiger partial charge is 0.459 e. The van der Waals surface area contributed by atoms with E-state index in [2.05, 4.69) is 4.72 Å². The molecule has 1 fully saturated rings. The maximum Gasteiger partial charge on any atom is 0.289 e. The SMILES string of the molecule is CCCS(=O)(=O)Nc1ccc(N(C)C)c(CN(CC2CC2)C(=O)c2ccco2)c1. The number of benzene rings is 1. The predicted molar refractivity (Wildman–Crippen MR) is 115 cm³/mol. The second-order valence-corrected chi connectivity index (χ2v) is 9.61. The second-order valence-electron chi connectivity index (χ2n) is 7.77. The molecule has 158 valence electrons. The first-order valence-corrected chi connectivity index (χ1v) is 11.6. The molecule has 1 aromatic carbocycles. The van der Waals surface area contributed by atoms with Crippen LogP contribution in [0.2, 0.25) is 0 Å². The molecule has 1 aliphatic carbocycles. The van der Waals surface area contributed by atoms with E-state index >= 15 is 0 Å². The molecule has 0 unspecified atom stereocenters. The van der Waals surface area contributed by atoms with E-state index < -0.39 is 10.0 Å². The molecule has 0 bridgehead atoms. The normalized spacial score (nSPS) is 13.9. The number of carbonyl (C=O) groups is 1. The fourth-order valence-electron chi connectivity index (χ4n) is 3.30. The zero-order chi connectivity index (χ0) is 21.0. The molecule has 2 aromatic rings. The van der Waals surface area contributed by atoms with E-state index in [-0.39, 0.29) is 11.7 Å². The summed E-state index contributed by atoms with van der Waals surface area (Å²) in [6, 6.07) is 8.83. The first-order chi connectivity index (χ1) is 13.8. The smallest absolute Gasteiger partial charge is 0.289 e. The summed E-state index contributed by atoms with van der Waals surface area (Å²) in [6.45, 7) is 2.88. The van der Waals surface area contributed by atoms with E-state index in [1.165, 1.54) is 6.26 Å². The Balaban J connectivity index is 1.88. The highest BCUT2D eigenvalue weighted by molar-refractivity contribution is 7.92. The number of furan rings is 1. The minimum Gasteiger partial charge on any atom is -0.459 e. The molecule has 0 saturated heterocycles. The number of amides is 1. The quantitative estimate of drug-likeness (QED) is 0.637. The van der Waals surface area contributed by atoms with E-state index in [4.69, 9.17) is 4.42 Å². The molecule has 0 spiro atoms. The van der Waals surface area contributed by atoms with E-state index in [1.54, 1.807) is 23.1 Å². The number of nitrogens with one attached hydrogen (secondary N) is 1. The van der Waals surface area contributed by atoms with E-state index in [1.807, 2.05) is 38.1 Å². The van der Waals surface area contributed by atoms with Crippen LogP contribution in [0.25, 0.3) is 0 Å². The third-order valence-electron chi connectivity index (χ3n) is 4.86. The molecule has 0 atom stereocenters. The van der Waals surface area contributed by atoms with Gasteiger partial charge >= 0.3 is 0 Å². The van der Waals surface area contributed by atoms with Gasteiger partial charge in [-0.2, -0.15) is 0 Å². The van der Waals surface area contributed by atoms with Gasteiger partial charge in [-0.1, -0.05) is 6.92 Å². The molecule has 0 aliphatic heterocycles. The lowest BCUT2D eigenvalue weighted by atomic mass is 10.1. The van der Waals surface area contributed by atoms with Crippen molar-refractivity contribution in [2.24, 2.45) is 5.92 Å². The summed E-state index contributed by atoms with van der Waals surface area (Å²) < 4.78 is 32.3. The van der Waals surface area contributed by atoms with Gasteiger partial charge in [-0.05, 0) is 61.1 Å². The summed E-state index contributed by atoms with van der Waals surface area (Å²) in [5.74, 6) is 0.756. The lowest BCUT2D eigenvalue weighted by Gasteiger charge is -2.26. The average molecular weight is 420 g/mol. The summed E-state index contributed by atoms with van der Waals surface area (Å²) >= 11 is 0. The molecule has 8 heteroatoms. The van der Waals surface area contributed by atoms with Gasteiger partial charge in [-0.15, -0.1) is 0 Å². The summed E-state index contributed by atoms with van der Waals surface area (Å²) in [7, 11) is 0.477. The Labute approximate surface area is 172 Å². The van der Waals surface area contributed by atoms with Gasteiger partial charge < -0.3 is 14.2 Å². The van der Waals surface area contributed by atoms with Crippen LogP contribution in [-0.2, 0) is 16.6 Å². The Kier molecular flexibility index (Phi) is 6.52. The van der Waals surface area contributed by atoms with Crippen molar-refractivity contribution in [1.29, 1.82) is 0 Å². The van der Waals surface area contributed by atoms with Gasteiger partial charge in [0.2, 0.25) is 10.0 Å². The van der Waals surface area contributed by atoms with E-state index in [0.717, 1.165) is 24.1 Å². The molecule has 1 saturated carbocycles. The van der Waals surface area contributed by atoms with Crippen LogP contribution < -0.4 is 9.62 Å². The summed E-state index contributed by atoms with van der Waals surface area (Å²) in [4.78, 5) is 16.7. The number of sulfonamides is 1. The molecule has 29 heavy (non-hydrogen) atoms. The zero-order valence-corrected chi connectivity index (χ0v) is 18.0. The Bertz CT molecular complexity index is 935. The highest BCUT2D eigenvalue weighted by Gasteiger charge is 2.29. The summed E-state index contributed by atoms with van der Waals surface area (Å²) in [6.07, 6.45) is 4.29. The number of carbonyl (C=O) groups excluding carboxylic acids is 1. The molecule has 1 N–H and O–H groups in total. The number of anilines is 2. The van der Waals surface area contributed by atoms with Gasteiger partial charge in [0.05, 0.1) is 12.0 Å². The number of hydrogen-bond acceptors (Lipinski definition) is 5.